The second-order valence-electron chi connectivity index (χ2n) is 6.28. The fourth-order valence-electron chi connectivity index (χ4n) is 3.10. The monoisotopic (exact) mass is 274 g/mol. The summed E-state index contributed by atoms with van der Waals surface area (Å²) in [6, 6.07) is 0. The first-order valence-corrected chi connectivity index (χ1v) is 7.35. The average molecular weight is 274 g/mol. The van der Waals surface area contributed by atoms with Gasteiger partial charge in [-0.3, -0.25) is 4.79 Å². The minimum atomic E-state index is 0. The molecule has 0 heterocycles. The molecule has 0 bridgehead atoms. The summed E-state index contributed by atoms with van der Waals surface area (Å²) in [5.41, 5.74) is 0. The Kier molecular flexibility index (Phi) is 8.36. The number of rotatable bonds is 2. The number of esters is 1. The van der Waals surface area contributed by atoms with Crippen molar-refractivity contribution in [1.29, 1.82) is 0 Å². The van der Waals surface area contributed by atoms with Crippen LogP contribution in [0.2, 0.25) is 0 Å². The molecule has 2 heteroatoms. The Morgan fingerprint density at radius 1 is 0.842 bits per heavy atom. The standard InChI is InChI=1S/C15H26O2.2CH4.2H2/c1-11-3-7-13(8-4-11)15(16)17-14-9-5-12(2)6-10-14;;;;/h11-14H,3-10H2,1-2H3;2*1H4;2*1H. The van der Waals surface area contributed by atoms with Gasteiger partial charge in [0.25, 0.3) is 0 Å². The van der Waals surface area contributed by atoms with Crippen LogP contribution in [0.15, 0.2) is 0 Å². The van der Waals surface area contributed by atoms with E-state index < -0.39 is 0 Å². The highest BCUT2D eigenvalue weighted by molar-refractivity contribution is 5.72. The molecule has 0 aromatic carbocycles. The highest BCUT2D eigenvalue weighted by Crippen LogP contribution is 2.31. The number of carbonyl (C=O) groups is 1. The normalized spacial score (nSPS) is 34.6. The molecule has 0 unspecified atom stereocenters. The largest absolute Gasteiger partial charge is 0.462 e. The van der Waals surface area contributed by atoms with Crippen molar-refractivity contribution in [3.05, 3.63) is 0 Å². The van der Waals surface area contributed by atoms with Crippen LogP contribution in [0, 0.1) is 17.8 Å². The lowest BCUT2D eigenvalue weighted by Crippen LogP contribution is -2.29. The van der Waals surface area contributed by atoms with Gasteiger partial charge in [-0.05, 0) is 63.2 Å². The number of hydrogen-bond donors (Lipinski definition) is 0. The molecule has 2 nitrogen and oxygen atoms in total. The van der Waals surface area contributed by atoms with Gasteiger partial charge in [-0.1, -0.05) is 28.7 Å². The quantitative estimate of drug-likeness (QED) is 0.604. The fraction of sp³-hybridized carbons (Fsp3) is 0.941. The van der Waals surface area contributed by atoms with Crippen molar-refractivity contribution >= 4 is 5.97 Å². The van der Waals surface area contributed by atoms with Gasteiger partial charge in [-0.15, -0.1) is 0 Å². The second kappa shape index (κ2) is 8.60. The van der Waals surface area contributed by atoms with Crippen LogP contribution in [0.3, 0.4) is 0 Å². The molecule has 0 aliphatic heterocycles. The summed E-state index contributed by atoms with van der Waals surface area (Å²) in [5, 5.41) is 0. The van der Waals surface area contributed by atoms with E-state index in [9.17, 15) is 4.79 Å². The minimum Gasteiger partial charge on any atom is -0.462 e. The Bertz CT molecular complexity index is 256. The maximum atomic E-state index is 12.0. The zero-order chi connectivity index (χ0) is 12.3. The van der Waals surface area contributed by atoms with Gasteiger partial charge in [0.2, 0.25) is 0 Å². The first-order valence-electron chi connectivity index (χ1n) is 7.35. The van der Waals surface area contributed by atoms with Gasteiger partial charge >= 0.3 is 5.97 Å². The number of ether oxygens (including phenoxy) is 1. The Hall–Kier alpha value is -0.530. The van der Waals surface area contributed by atoms with Crippen molar-refractivity contribution in [3.63, 3.8) is 0 Å². The predicted molar refractivity (Wildman–Crippen MR) is 86.3 cm³/mol. The van der Waals surface area contributed by atoms with E-state index in [2.05, 4.69) is 13.8 Å². The molecule has 2 fully saturated rings. The molecule has 0 spiro atoms. The Morgan fingerprint density at radius 3 is 1.74 bits per heavy atom. The summed E-state index contributed by atoms with van der Waals surface area (Å²) in [7, 11) is 0. The van der Waals surface area contributed by atoms with Gasteiger partial charge in [0.05, 0.1) is 5.92 Å². The fourth-order valence-corrected chi connectivity index (χ4v) is 3.10. The molecule has 0 N–H and O–H groups in total. The van der Waals surface area contributed by atoms with Gasteiger partial charge in [-0.2, -0.15) is 0 Å². The molecule has 0 atom stereocenters. The number of carbonyl (C=O) groups excluding carboxylic acids is 1. The molecular weight excluding hydrogens is 236 g/mol. The third-order valence-electron chi connectivity index (χ3n) is 4.59. The lowest BCUT2D eigenvalue weighted by atomic mass is 9.83. The zero-order valence-electron chi connectivity index (χ0n) is 11.3. The SMILES string of the molecule is C.C.CC1CCC(OC(=O)C2CCC(C)CC2)CC1.[HH].[HH]. The summed E-state index contributed by atoms with van der Waals surface area (Å²) in [4.78, 5) is 12.0. The Morgan fingerprint density at radius 2 is 1.26 bits per heavy atom. The van der Waals surface area contributed by atoms with Crippen LogP contribution in [-0.2, 0) is 9.53 Å². The second-order valence-corrected chi connectivity index (χ2v) is 6.28. The summed E-state index contributed by atoms with van der Waals surface area (Å²) in [6.07, 6.45) is 9.30. The molecule has 0 aromatic rings. The first-order chi connectivity index (χ1) is 8.15. The maximum absolute atomic E-state index is 12.0. The van der Waals surface area contributed by atoms with E-state index in [0.29, 0.717) is 0 Å². The van der Waals surface area contributed by atoms with Crippen molar-refractivity contribution in [2.75, 3.05) is 0 Å². The van der Waals surface area contributed by atoms with E-state index in [1.807, 2.05) is 0 Å². The summed E-state index contributed by atoms with van der Waals surface area (Å²) >= 11 is 0. The Balaban J connectivity index is -0.000000810. The highest BCUT2D eigenvalue weighted by atomic mass is 16.5. The van der Waals surface area contributed by atoms with Crippen LogP contribution in [-0.4, -0.2) is 12.1 Å². The topological polar surface area (TPSA) is 26.3 Å². The van der Waals surface area contributed by atoms with E-state index in [4.69, 9.17) is 4.74 Å². The van der Waals surface area contributed by atoms with E-state index in [1.54, 1.807) is 0 Å². The van der Waals surface area contributed by atoms with Crippen LogP contribution in [0.1, 0.15) is 82.9 Å². The van der Waals surface area contributed by atoms with Gasteiger partial charge in [-0.25, -0.2) is 0 Å². The van der Waals surface area contributed by atoms with Crippen molar-refractivity contribution in [1.82, 2.24) is 0 Å². The molecule has 0 radical (unpaired) electrons. The van der Waals surface area contributed by atoms with Crippen LogP contribution < -0.4 is 0 Å². The lowest BCUT2D eigenvalue weighted by Gasteiger charge is -2.29. The van der Waals surface area contributed by atoms with Gasteiger partial charge in [0, 0.05) is 2.85 Å². The summed E-state index contributed by atoms with van der Waals surface area (Å²) in [6.45, 7) is 4.57. The molecular formula is C17H38O2. The molecule has 19 heavy (non-hydrogen) atoms. The van der Waals surface area contributed by atoms with E-state index in [1.165, 1.54) is 25.7 Å². The predicted octanol–water partition coefficient (Wildman–Crippen LogP) is 5.70. The van der Waals surface area contributed by atoms with Crippen molar-refractivity contribution < 1.29 is 12.4 Å². The number of hydrogen-bond acceptors (Lipinski definition) is 2. The third kappa shape index (κ3) is 5.54. The molecule has 2 aliphatic rings. The molecule has 2 saturated carbocycles. The highest BCUT2D eigenvalue weighted by Gasteiger charge is 2.28. The van der Waals surface area contributed by atoms with Crippen molar-refractivity contribution in [3.8, 4) is 0 Å². The molecule has 0 aromatic heterocycles. The molecule has 2 rings (SSSR count). The average Bonchev–Trinajstić information content (AvgIpc) is 2.33. The maximum Gasteiger partial charge on any atom is 0.309 e. The Labute approximate surface area is 123 Å². The van der Waals surface area contributed by atoms with E-state index >= 15 is 0 Å². The first kappa shape index (κ1) is 18.5. The third-order valence-corrected chi connectivity index (χ3v) is 4.59. The smallest absolute Gasteiger partial charge is 0.309 e. The summed E-state index contributed by atoms with van der Waals surface area (Å²) in [5.74, 6) is 1.91. The lowest BCUT2D eigenvalue weighted by molar-refractivity contribution is -0.157. The van der Waals surface area contributed by atoms with Crippen LogP contribution in [0.4, 0.5) is 0 Å². The van der Waals surface area contributed by atoms with Crippen molar-refractivity contribution in [2.24, 2.45) is 17.8 Å². The molecule has 118 valence electrons. The van der Waals surface area contributed by atoms with Crippen LogP contribution in [0.25, 0.3) is 0 Å². The van der Waals surface area contributed by atoms with Crippen LogP contribution >= 0.6 is 0 Å². The molecule has 2 aliphatic carbocycles. The van der Waals surface area contributed by atoms with Gasteiger partial charge < -0.3 is 4.74 Å². The zero-order valence-corrected chi connectivity index (χ0v) is 11.3. The van der Waals surface area contributed by atoms with Crippen molar-refractivity contribution in [2.45, 2.75) is 86.2 Å². The molecule has 0 saturated heterocycles. The van der Waals surface area contributed by atoms with E-state index in [-0.39, 0.29) is 35.7 Å². The summed E-state index contributed by atoms with van der Waals surface area (Å²) < 4.78 is 5.68. The van der Waals surface area contributed by atoms with Crippen LogP contribution in [0.5, 0.6) is 0 Å². The van der Waals surface area contributed by atoms with E-state index in [0.717, 1.165) is 37.5 Å². The van der Waals surface area contributed by atoms with Gasteiger partial charge in [0.15, 0.2) is 0 Å². The minimum absolute atomic E-state index is 0. The van der Waals surface area contributed by atoms with Gasteiger partial charge in [0.1, 0.15) is 6.10 Å². The molecule has 0 amide bonds.